The van der Waals surface area contributed by atoms with Gasteiger partial charge in [0.2, 0.25) is 5.91 Å². The van der Waals surface area contributed by atoms with Crippen molar-refractivity contribution in [3.63, 3.8) is 0 Å². The molecular formula is C12H15BrFNO. The van der Waals surface area contributed by atoms with Gasteiger partial charge in [-0.25, -0.2) is 4.39 Å². The highest BCUT2D eigenvalue weighted by atomic mass is 79.9. The Kier molecular flexibility index (Phi) is 4.47. The predicted molar refractivity (Wildman–Crippen MR) is 66.7 cm³/mol. The molecule has 0 heterocycles. The van der Waals surface area contributed by atoms with E-state index >= 15 is 0 Å². The first kappa shape index (κ1) is 13.2. The molecule has 0 aliphatic carbocycles. The highest BCUT2D eigenvalue weighted by molar-refractivity contribution is 9.10. The summed E-state index contributed by atoms with van der Waals surface area (Å²) in [6.45, 7) is 5.75. The molecule has 0 aromatic heterocycles. The predicted octanol–water partition coefficient (Wildman–Crippen LogP) is 3.82. The minimum atomic E-state index is -0.432. The molecule has 0 fully saturated rings. The zero-order chi connectivity index (χ0) is 12.3. The van der Waals surface area contributed by atoms with E-state index in [-0.39, 0.29) is 23.4 Å². The third-order valence-electron chi connectivity index (χ3n) is 2.60. The highest BCUT2D eigenvalue weighted by Crippen LogP contribution is 2.21. The van der Waals surface area contributed by atoms with E-state index < -0.39 is 5.82 Å². The number of amides is 1. The number of benzene rings is 1. The fraction of sp³-hybridized carbons (Fsp3) is 0.417. The van der Waals surface area contributed by atoms with E-state index in [1.54, 1.807) is 12.1 Å². The van der Waals surface area contributed by atoms with Gasteiger partial charge in [-0.1, -0.05) is 36.7 Å². The number of rotatable bonds is 3. The van der Waals surface area contributed by atoms with Crippen molar-refractivity contribution in [1.82, 2.24) is 0 Å². The molecule has 0 radical (unpaired) electrons. The van der Waals surface area contributed by atoms with Gasteiger partial charge in [-0.2, -0.15) is 0 Å². The molecule has 0 spiro atoms. The fourth-order valence-corrected chi connectivity index (χ4v) is 1.47. The average molecular weight is 288 g/mol. The van der Waals surface area contributed by atoms with Crippen molar-refractivity contribution in [2.24, 2.45) is 11.8 Å². The van der Waals surface area contributed by atoms with Crippen LogP contribution in [0.2, 0.25) is 0 Å². The van der Waals surface area contributed by atoms with Crippen LogP contribution in [0.3, 0.4) is 0 Å². The lowest BCUT2D eigenvalue weighted by Crippen LogP contribution is -2.24. The van der Waals surface area contributed by atoms with Gasteiger partial charge < -0.3 is 5.32 Å². The van der Waals surface area contributed by atoms with Gasteiger partial charge in [0.1, 0.15) is 5.82 Å². The maximum atomic E-state index is 13.4. The molecule has 16 heavy (non-hydrogen) atoms. The molecule has 0 aliphatic rings. The second-order valence-electron chi connectivity index (χ2n) is 4.15. The Morgan fingerprint density at radius 1 is 1.38 bits per heavy atom. The van der Waals surface area contributed by atoms with Crippen molar-refractivity contribution in [2.45, 2.75) is 20.8 Å². The Bertz CT molecular complexity index is 393. The van der Waals surface area contributed by atoms with E-state index in [0.29, 0.717) is 4.47 Å². The van der Waals surface area contributed by atoms with Crippen LogP contribution in [-0.2, 0) is 4.79 Å². The van der Waals surface area contributed by atoms with E-state index in [1.807, 2.05) is 20.8 Å². The Labute approximate surface area is 103 Å². The minimum absolute atomic E-state index is 0.136. The van der Waals surface area contributed by atoms with Crippen LogP contribution in [0.15, 0.2) is 22.7 Å². The van der Waals surface area contributed by atoms with Gasteiger partial charge in [-0.15, -0.1) is 0 Å². The number of hydrogen-bond acceptors (Lipinski definition) is 1. The van der Waals surface area contributed by atoms with Gasteiger partial charge in [0, 0.05) is 10.4 Å². The molecule has 88 valence electrons. The number of nitrogens with one attached hydrogen (secondary N) is 1. The van der Waals surface area contributed by atoms with E-state index in [4.69, 9.17) is 0 Å². The first-order chi connectivity index (χ1) is 7.41. The van der Waals surface area contributed by atoms with Crippen molar-refractivity contribution in [3.8, 4) is 0 Å². The van der Waals surface area contributed by atoms with E-state index in [0.717, 1.165) is 0 Å². The summed E-state index contributed by atoms with van der Waals surface area (Å²) in [5.74, 6) is -0.489. The van der Waals surface area contributed by atoms with Gasteiger partial charge in [0.15, 0.2) is 0 Å². The van der Waals surface area contributed by atoms with E-state index in [2.05, 4.69) is 21.2 Å². The standard InChI is InChI=1S/C12H15BrFNO/c1-7(2)8(3)12(16)15-11-5-4-9(13)6-10(11)14/h4-8H,1-3H3,(H,15,16). The summed E-state index contributed by atoms with van der Waals surface area (Å²) in [5.41, 5.74) is 0.223. The van der Waals surface area contributed by atoms with E-state index in [9.17, 15) is 9.18 Å². The molecule has 2 nitrogen and oxygen atoms in total. The summed E-state index contributed by atoms with van der Waals surface area (Å²) in [4.78, 5) is 11.7. The van der Waals surface area contributed by atoms with Gasteiger partial charge in [0.05, 0.1) is 5.69 Å². The Morgan fingerprint density at radius 2 is 2.00 bits per heavy atom. The van der Waals surface area contributed by atoms with Crippen molar-refractivity contribution in [2.75, 3.05) is 5.32 Å². The van der Waals surface area contributed by atoms with Crippen LogP contribution in [0, 0.1) is 17.7 Å². The normalized spacial score (nSPS) is 12.6. The summed E-state index contributed by atoms with van der Waals surface area (Å²) in [5, 5.41) is 2.58. The quantitative estimate of drug-likeness (QED) is 0.900. The van der Waals surface area contributed by atoms with Crippen molar-refractivity contribution < 1.29 is 9.18 Å². The van der Waals surface area contributed by atoms with Crippen LogP contribution >= 0.6 is 15.9 Å². The molecule has 0 aliphatic heterocycles. The SMILES string of the molecule is CC(C)C(C)C(=O)Nc1ccc(Br)cc1F. The Morgan fingerprint density at radius 3 is 2.50 bits per heavy atom. The molecule has 0 bridgehead atoms. The van der Waals surface area contributed by atoms with Crippen LogP contribution in [-0.4, -0.2) is 5.91 Å². The lowest BCUT2D eigenvalue weighted by atomic mass is 9.97. The van der Waals surface area contributed by atoms with Crippen LogP contribution in [0.5, 0.6) is 0 Å². The molecule has 1 amide bonds. The molecule has 1 N–H and O–H groups in total. The van der Waals surface area contributed by atoms with Gasteiger partial charge >= 0.3 is 0 Å². The zero-order valence-electron chi connectivity index (χ0n) is 9.55. The molecule has 1 aromatic rings. The molecular weight excluding hydrogens is 273 g/mol. The smallest absolute Gasteiger partial charge is 0.227 e. The first-order valence-corrected chi connectivity index (χ1v) is 5.97. The molecule has 0 saturated heterocycles. The van der Waals surface area contributed by atoms with Crippen LogP contribution < -0.4 is 5.32 Å². The zero-order valence-corrected chi connectivity index (χ0v) is 11.1. The van der Waals surface area contributed by atoms with Crippen molar-refractivity contribution in [3.05, 3.63) is 28.5 Å². The van der Waals surface area contributed by atoms with Gasteiger partial charge in [0.25, 0.3) is 0 Å². The Balaban J connectivity index is 2.77. The Hall–Kier alpha value is -0.900. The summed E-state index contributed by atoms with van der Waals surface area (Å²) in [6, 6.07) is 4.57. The number of hydrogen-bond donors (Lipinski definition) is 1. The van der Waals surface area contributed by atoms with Gasteiger partial charge in [-0.05, 0) is 24.1 Å². The summed E-state index contributed by atoms with van der Waals surface area (Å²) in [6.07, 6.45) is 0. The topological polar surface area (TPSA) is 29.1 Å². The first-order valence-electron chi connectivity index (χ1n) is 5.17. The fourth-order valence-electron chi connectivity index (χ4n) is 1.14. The third-order valence-corrected chi connectivity index (χ3v) is 3.10. The highest BCUT2D eigenvalue weighted by Gasteiger charge is 2.17. The van der Waals surface area contributed by atoms with E-state index in [1.165, 1.54) is 6.07 Å². The summed E-state index contributed by atoms with van der Waals surface area (Å²) >= 11 is 3.16. The molecule has 1 atom stereocenters. The van der Waals surface area contributed by atoms with Crippen LogP contribution in [0.4, 0.5) is 10.1 Å². The second-order valence-corrected chi connectivity index (χ2v) is 5.06. The van der Waals surface area contributed by atoms with Crippen LogP contribution in [0.25, 0.3) is 0 Å². The lowest BCUT2D eigenvalue weighted by molar-refractivity contribution is -0.120. The molecule has 0 saturated carbocycles. The summed E-state index contributed by atoms with van der Waals surface area (Å²) in [7, 11) is 0. The molecule has 1 rings (SSSR count). The number of carbonyl (C=O) groups is 1. The maximum Gasteiger partial charge on any atom is 0.227 e. The van der Waals surface area contributed by atoms with Crippen LogP contribution in [0.1, 0.15) is 20.8 Å². The molecule has 4 heteroatoms. The number of anilines is 1. The number of halogens is 2. The monoisotopic (exact) mass is 287 g/mol. The number of carbonyl (C=O) groups excluding carboxylic acids is 1. The second kappa shape index (κ2) is 5.43. The molecule has 1 unspecified atom stereocenters. The molecule has 1 aromatic carbocycles. The average Bonchev–Trinajstić information content (AvgIpc) is 2.20. The van der Waals surface area contributed by atoms with Gasteiger partial charge in [-0.3, -0.25) is 4.79 Å². The maximum absolute atomic E-state index is 13.4. The largest absolute Gasteiger partial charge is 0.323 e. The van der Waals surface area contributed by atoms with Crippen molar-refractivity contribution >= 4 is 27.5 Å². The lowest BCUT2D eigenvalue weighted by Gasteiger charge is -2.15. The van der Waals surface area contributed by atoms with Crippen molar-refractivity contribution in [1.29, 1.82) is 0 Å². The third kappa shape index (κ3) is 3.30. The summed E-state index contributed by atoms with van der Waals surface area (Å²) < 4.78 is 14.1. The minimum Gasteiger partial charge on any atom is -0.323 e.